The summed E-state index contributed by atoms with van der Waals surface area (Å²) in [5.41, 5.74) is 4.20. The number of fused-ring (bicyclic) bond motifs is 2. The molecule has 0 atom stereocenters. The molecule has 0 aliphatic carbocycles. The van der Waals surface area contributed by atoms with Crippen LogP contribution in [0.15, 0.2) is 52.5 Å². The lowest BCUT2D eigenvalue weighted by Gasteiger charge is -2.39. The zero-order chi connectivity index (χ0) is 20.0. The van der Waals surface area contributed by atoms with E-state index < -0.39 is 0 Å². The van der Waals surface area contributed by atoms with E-state index >= 15 is 0 Å². The first-order valence-corrected chi connectivity index (χ1v) is 10.9. The van der Waals surface area contributed by atoms with Crippen molar-refractivity contribution >= 4 is 40.0 Å². The molecule has 1 fully saturated rings. The Balaban J connectivity index is 1.32. The molecule has 7 heteroatoms. The highest BCUT2D eigenvalue weighted by molar-refractivity contribution is 8.18. The van der Waals surface area contributed by atoms with Gasteiger partial charge in [-0.2, -0.15) is 4.99 Å². The molecule has 1 spiro atoms. The molecule has 5 nitrogen and oxygen atoms in total. The van der Waals surface area contributed by atoms with Gasteiger partial charge in [-0.15, -0.1) is 0 Å². The normalized spacial score (nSPS) is 22.1. The molecule has 3 aliphatic rings. The van der Waals surface area contributed by atoms with Crippen LogP contribution in [-0.2, 0) is 21.7 Å². The van der Waals surface area contributed by atoms with E-state index in [2.05, 4.69) is 39.1 Å². The Morgan fingerprint density at radius 1 is 1.24 bits per heavy atom. The number of nitrogens with zero attached hydrogens (tertiary/aromatic N) is 3. The molecule has 1 aromatic carbocycles. The van der Waals surface area contributed by atoms with E-state index in [1.807, 2.05) is 13.0 Å². The van der Waals surface area contributed by atoms with E-state index in [1.165, 1.54) is 22.9 Å². The van der Waals surface area contributed by atoms with E-state index in [4.69, 9.17) is 16.3 Å². The molecule has 4 heterocycles. The maximum absolute atomic E-state index is 12.6. The van der Waals surface area contributed by atoms with Crippen molar-refractivity contribution in [3.8, 4) is 0 Å². The second-order valence-electron chi connectivity index (χ2n) is 7.55. The van der Waals surface area contributed by atoms with Crippen molar-refractivity contribution in [3.05, 3.63) is 69.3 Å². The Labute approximate surface area is 178 Å². The predicted octanol–water partition coefficient (Wildman–Crippen LogP) is 4.62. The molecule has 148 valence electrons. The highest BCUT2D eigenvalue weighted by Gasteiger charge is 2.43. The number of carbonyl (C=O) groups excluding carboxylic acids is 1. The van der Waals surface area contributed by atoms with E-state index in [0.29, 0.717) is 16.7 Å². The molecule has 0 saturated carbocycles. The highest BCUT2D eigenvalue weighted by atomic mass is 35.5. The second-order valence-corrected chi connectivity index (χ2v) is 8.91. The number of ether oxygens (including phenoxy) is 1. The van der Waals surface area contributed by atoms with Crippen molar-refractivity contribution in [2.45, 2.75) is 32.0 Å². The third-order valence-corrected chi connectivity index (χ3v) is 7.36. The third kappa shape index (κ3) is 3.29. The largest absolute Gasteiger partial charge is 0.365 e. The quantitative estimate of drug-likeness (QED) is 0.493. The fourth-order valence-corrected chi connectivity index (χ4v) is 5.49. The summed E-state index contributed by atoms with van der Waals surface area (Å²) < 4.78 is 6.24. The topological polar surface area (TPSA) is 54.8 Å². The van der Waals surface area contributed by atoms with Crippen LogP contribution in [0.4, 0.5) is 0 Å². The maximum atomic E-state index is 12.6. The summed E-state index contributed by atoms with van der Waals surface area (Å²) in [7, 11) is 0. The van der Waals surface area contributed by atoms with Gasteiger partial charge in [0.05, 0.1) is 17.1 Å². The summed E-state index contributed by atoms with van der Waals surface area (Å²) >= 11 is 7.46. The summed E-state index contributed by atoms with van der Waals surface area (Å²) in [6, 6.07) is 12.1. The fourth-order valence-electron chi connectivity index (χ4n) is 4.29. The molecule has 0 N–H and O–H groups in total. The van der Waals surface area contributed by atoms with Gasteiger partial charge in [0.25, 0.3) is 5.91 Å². The van der Waals surface area contributed by atoms with E-state index in [0.717, 1.165) is 42.2 Å². The number of likely N-dealkylation sites (tertiary alicyclic amines) is 1. The molecule has 0 bridgehead atoms. The standard InChI is InChI=1S/C22H20ClN3O2S/c1-14(15-6-9-24-18(23)12-15)19-20(27)25-21(29-19)26-10-7-22(8-11-26)17-5-3-2-4-16(17)13-28-22/h2-6,9,12H,7-8,10-11,13H2,1H3. The first-order valence-electron chi connectivity index (χ1n) is 9.67. The number of amidine groups is 1. The summed E-state index contributed by atoms with van der Waals surface area (Å²) in [6.07, 6.45) is 3.45. The molecule has 1 amide bonds. The van der Waals surface area contributed by atoms with Crippen molar-refractivity contribution in [3.63, 3.8) is 0 Å². The predicted molar refractivity (Wildman–Crippen MR) is 116 cm³/mol. The number of aliphatic imine (C=N–C) groups is 1. The molecule has 29 heavy (non-hydrogen) atoms. The van der Waals surface area contributed by atoms with Gasteiger partial charge in [-0.25, -0.2) is 4.98 Å². The average Bonchev–Trinajstić information content (AvgIpc) is 3.30. The number of hydrogen-bond donors (Lipinski definition) is 0. The van der Waals surface area contributed by atoms with Crippen molar-refractivity contribution < 1.29 is 9.53 Å². The van der Waals surface area contributed by atoms with Crippen LogP contribution in [0, 0.1) is 0 Å². The Morgan fingerprint density at radius 2 is 2.03 bits per heavy atom. The number of pyridine rings is 1. The Kier molecular flexibility index (Phi) is 4.73. The van der Waals surface area contributed by atoms with Crippen molar-refractivity contribution in [2.75, 3.05) is 13.1 Å². The van der Waals surface area contributed by atoms with Gasteiger partial charge in [0.2, 0.25) is 0 Å². The number of benzene rings is 1. The van der Waals surface area contributed by atoms with E-state index in [-0.39, 0.29) is 11.5 Å². The van der Waals surface area contributed by atoms with E-state index in [9.17, 15) is 4.79 Å². The molecule has 1 aromatic heterocycles. The molecule has 0 radical (unpaired) electrons. The van der Waals surface area contributed by atoms with Crippen molar-refractivity contribution in [1.29, 1.82) is 0 Å². The molecular weight excluding hydrogens is 406 g/mol. The van der Waals surface area contributed by atoms with Gasteiger partial charge in [-0.1, -0.05) is 35.9 Å². The van der Waals surface area contributed by atoms with Crippen molar-refractivity contribution in [1.82, 2.24) is 9.88 Å². The summed E-state index contributed by atoms with van der Waals surface area (Å²) in [4.78, 5) is 23.8. The number of aromatic nitrogens is 1. The lowest BCUT2D eigenvalue weighted by Crippen LogP contribution is -2.44. The minimum atomic E-state index is -0.191. The Morgan fingerprint density at radius 3 is 2.83 bits per heavy atom. The number of thioether (sulfide) groups is 1. The maximum Gasteiger partial charge on any atom is 0.286 e. The number of hydrogen-bond acceptors (Lipinski definition) is 5. The summed E-state index contributed by atoms with van der Waals surface area (Å²) in [5.74, 6) is -0.182. The number of allylic oxidation sites excluding steroid dienone is 1. The number of carbonyl (C=O) groups is 1. The zero-order valence-electron chi connectivity index (χ0n) is 16.0. The third-order valence-electron chi connectivity index (χ3n) is 5.94. The fraction of sp³-hybridized carbons (Fsp3) is 0.318. The Hall–Kier alpha value is -2.15. The highest BCUT2D eigenvalue weighted by Crippen LogP contribution is 2.45. The summed E-state index contributed by atoms with van der Waals surface area (Å²) in [6.45, 7) is 4.26. The van der Waals surface area contributed by atoms with E-state index in [1.54, 1.807) is 12.3 Å². The lowest BCUT2D eigenvalue weighted by atomic mass is 9.84. The van der Waals surface area contributed by atoms with Crippen LogP contribution in [0.25, 0.3) is 5.57 Å². The molecule has 5 rings (SSSR count). The van der Waals surface area contributed by atoms with Crippen molar-refractivity contribution in [2.24, 2.45) is 4.99 Å². The SMILES string of the molecule is CC(=C1SC(N2CCC3(CC2)OCc2ccccc23)=NC1=O)c1ccnc(Cl)c1. The molecule has 0 unspecified atom stereocenters. The van der Waals surface area contributed by atoms with Crippen LogP contribution in [0.3, 0.4) is 0 Å². The number of piperidine rings is 1. The number of rotatable bonds is 1. The summed E-state index contributed by atoms with van der Waals surface area (Å²) in [5, 5.41) is 1.20. The van der Waals surface area contributed by atoms with Gasteiger partial charge < -0.3 is 9.64 Å². The van der Waals surface area contributed by atoms with Crippen LogP contribution in [0.2, 0.25) is 5.15 Å². The molecular formula is C22H20ClN3O2S. The smallest absolute Gasteiger partial charge is 0.286 e. The zero-order valence-corrected chi connectivity index (χ0v) is 17.6. The van der Waals surface area contributed by atoms with Crippen LogP contribution in [0.1, 0.15) is 36.5 Å². The molecule has 1 saturated heterocycles. The van der Waals surface area contributed by atoms with Gasteiger partial charge in [0, 0.05) is 19.3 Å². The average molecular weight is 426 g/mol. The molecule has 2 aromatic rings. The molecule has 3 aliphatic heterocycles. The minimum absolute atomic E-state index is 0.182. The lowest BCUT2D eigenvalue weighted by molar-refractivity contribution is -0.113. The van der Waals surface area contributed by atoms with Crippen LogP contribution < -0.4 is 0 Å². The minimum Gasteiger partial charge on any atom is -0.365 e. The first kappa shape index (κ1) is 18.9. The first-order chi connectivity index (χ1) is 14.1. The van der Waals surface area contributed by atoms with Crippen LogP contribution >= 0.6 is 23.4 Å². The van der Waals surface area contributed by atoms with Crippen LogP contribution in [0.5, 0.6) is 0 Å². The number of halogens is 1. The number of amides is 1. The van der Waals surface area contributed by atoms with Gasteiger partial charge in [0.1, 0.15) is 5.15 Å². The van der Waals surface area contributed by atoms with Gasteiger partial charge in [0.15, 0.2) is 5.17 Å². The van der Waals surface area contributed by atoms with Gasteiger partial charge >= 0.3 is 0 Å². The Bertz CT molecular complexity index is 1060. The second kappa shape index (κ2) is 7.27. The van der Waals surface area contributed by atoms with Gasteiger partial charge in [-0.05, 0) is 65.9 Å². The van der Waals surface area contributed by atoms with Gasteiger partial charge in [-0.3, -0.25) is 4.79 Å². The monoisotopic (exact) mass is 425 g/mol. The van der Waals surface area contributed by atoms with Crippen LogP contribution in [-0.4, -0.2) is 34.0 Å².